The fourth-order valence-electron chi connectivity index (χ4n) is 2.57. The van der Waals surface area contributed by atoms with Gasteiger partial charge in [0, 0.05) is 30.9 Å². The van der Waals surface area contributed by atoms with Crippen molar-refractivity contribution >= 4 is 21.6 Å². The minimum absolute atomic E-state index is 0.139. The topological polar surface area (TPSA) is 75.4 Å². The van der Waals surface area contributed by atoms with E-state index in [1.165, 1.54) is 0 Å². The lowest BCUT2D eigenvalue weighted by molar-refractivity contribution is 0.430. The van der Waals surface area contributed by atoms with Crippen molar-refractivity contribution in [1.29, 1.82) is 0 Å². The molecule has 1 heterocycles. The lowest BCUT2D eigenvalue weighted by Gasteiger charge is -2.14. The fourth-order valence-corrected chi connectivity index (χ4v) is 3.84. The van der Waals surface area contributed by atoms with Crippen molar-refractivity contribution in [3.05, 3.63) is 59.8 Å². The van der Waals surface area contributed by atoms with Crippen LogP contribution in [0.2, 0.25) is 0 Å². The molecule has 0 atom stereocenters. The zero-order valence-electron chi connectivity index (χ0n) is 15.1. The Bertz CT molecular complexity index is 1020. The molecule has 0 radical (unpaired) electrons. The van der Waals surface area contributed by atoms with Crippen LogP contribution in [-0.2, 0) is 10.0 Å². The van der Waals surface area contributed by atoms with E-state index < -0.39 is 10.0 Å². The van der Waals surface area contributed by atoms with Gasteiger partial charge in [-0.1, -0.05) is 35.5 Å². The van der Waals surface area contributed by atoms with Gasteiger partial charge in [-0.25, -0.2) is 13.1 Å². The number of aromatic nitrogens is 1. The van der Waals surface area contributed by atoms with Gasteiger partial charge in [-0.3, -0.25) is 0 Å². The second kappa shape index (κ2) is 6.84. The molecule has 1 aromatic heterocycles. The third kappa shape index (κ3) is 3.43. The van der Waals surface area contributed by atoms with Crippen molar-refractivity contribution in [3.63, 3.8) is 0 Å². The fraction of sp³-hybridized carbons (Fsp3) is 0.211. The first kappa shape index (κ1) is 18.0. The van der Waals surface area contributed by atoms with Crippen LogP contribution in [-0.4, -0.2) is 27.7 Å². The van der Waals surface area contributed by atoms with Crippen LogP contribution in [0.4, 0.5) is 11.6 Å². The summed E-state index contributed by atoms with van der Waals surface area (Å²) in [6, 6.07) is 14.6. The van der Waals surface area contributed by atoms with E-state index in [1.807, 2.05) is 49.3 Å². The smallest absolute Gasteiger partial charge is 0.264 e. The van der Waals surface area contributed by atoms with Crippen LogP contribution in [0.3, 0.4) is 0 Å². The summed E-state index contributed by atoms with van der Waals surface area (Å²) >= 11 is 0. The second-order valence-corrected chi connectivity index (χ2v) is 7.92. The van der Waals surface area contributed by atoms with Gasteiger partial charge in [0.2, 0.25) is 5.88 Å². The van der Waals surface area contributed by atoms with Gasteiger partial charge in [0.25, 0.3) is 10.0 Å². The van der Waals surface area contributed by atoms with Crippen LogP contribution in [0.25, 0.3) is 11.1 Å². The lowest BCUT2D eigenvalue weighted by Crippen LogP contribution is -2.14. The van der Waals surface area contributed by atoms with Crippen molar-refractivity contribution in [2.75, 3.05) is 23.7 Å². The average molecular weight is 371 g/mol. The van der Waals surface area contributed by atoms with Crippen LogP contribution in [0.15, 0.2) is 57.9 Å². The predicted octanol–water partition coefficient (Wildman–Crippen LogP) is 3.83. The molecule has 1 N–H and O–H groups in total. The molecule has 2 aromatic carbocycles. The Labute approximate surface area is 153 Å². The molecule has 0 unspecified atom stereocenters. The van der Waals surface area contributed by atoms with E-state index in [2.05, 4.69) is 9.88 Å². The van der Waals surface area contributed by atoms with Gasteiger partial charge in [-0.2, -0.15) is 0 Å². The van der Waals surface area contributed by atoms with E-state index in [1.54, 1.807) is 32.0 Å². The number of rotatable bonds is 5. The summed E-state index contributed by atoms with van der Waals surface area (Å²) in [6.07, 6.45) is 0. The number of hydrogen-bond acceptors (Lipinski definition) is 5. The molecule has 0 aliphatic rings. The molecule has 0 fully saturated rings. The first-order valence-electron chi connectivity index (χ1n) is 8.12. The molecule has 136 valence electrons. The lowest BCUT2D eigenvalue weighted by atomic mass is 10.1. The van der Waals surface area contributed by atoms with Gasteiger partial charge in [0.05, 0.1) is 10.6 Å². The summed E-state index contributed by atoms with van der Waals surface area (Å²) in [6.45, 7) is 3.52. The molecule has 0 bridgehead atoms. The highest BCUT2D eigenvalue weighted by Crippen LogP contribution is 2.30. The average Bonchev–Trinajstić information content (AvgIpc) is 2.93. The summed E-state index contributed by atoms with van der Waals surface area (Å²) in [5, 5.41) is 3.79. The molecular weight excluding hydrogens is 350 g/mol. The number of hydrogen-bond donors (Lipinski definition) is 1. The highest BCUT2D eigenvalue weighted by molar-refractivity contribution is 7.92. The number of anilines is 2. The normalized spacial score (nSPS) is 11.4. The summed E-state index contributed by atoms with van der Waals surface area (Å²) in [4.78, 5) is 2.18. The van der Waals surface area contributed by atoms with Gasteiger partial charge < -0.3 is 9.42 Å². The van der Waals surface area contributed by atoms with Gasteiger partial charge in [-0.05, 0) is 37.6 Å². The number of sulfonamides is 1. The number of nitrogens with one attached hydrogen (secondary N) is 1. The van der Waals surface area contributed by atoms with Crippen molar-refractivity contribution in [1.82, 2.24) is 5.16 Å². The van der Waals surface area contributed by atoms with Gasteiger partial charge >= 0.3 is 0 Å². The van der Waals surface area contributed by atoms with Crippen LogP contribution < -0.4 is 9.62 Å². The molecule has 0 spiro atoms. The van der Waals surface area contributed by atoms with Gasteiger partial charge in [0.1, 0.15) is 0 Å². The van der Waals surface area contributed by atoms with Crippen molar-refractivity contribution in [3.8, 4) is 11.1 Å². The maximum atomic E-state index is 12.9. The summed E-state index contributed by atoms with van der Waals surface area (Å²) in [7, 11) is 0.0929. The Morgan fingerprint density at radius 3 is 2.23 bits per heavy atom. The minimum atomic E-state index is -3.82. The Morgan fingerprint density at radius 2 is 1.65 bits per heavy atom. The Hall–Kier alpha value is -2.80. The van der Waals surface area contributed by atoms with Crippen LogP contribution >= 0.6 is 0 Å². The highest BCUT2D eigenvalue weighted by Gasteiger charge is 2.22. The molecule has 3 rings (SSSR count). The number of nitrogens with zero attached hydrogens (tertiary/aromatic N) is 2. The molecule has 3 aromatic rings. The van der Waals surface area contributed by atoms with E-state index in [0.29, 0.717) is 16.8 Å². The maximum absolute atomic E-state index is 12.9. The maximum Gasteiger partial charge on any atom is 0.264 e. The number of benzene rings is 2. The molecule has 0 amide bonds. The Balaban J connectivity index is 2.02. The van der Waals surface area contributed by atoms with Crippen molar-refractivity contribution in [2.45, 2.75) is 18.7 Å². The quantitative estimate of drug-likeness (QED) is 0.738. The Kier molecular flexibility index (Phi) is 4.73. The molecule has 0 aliphatic carbocycles. The van der Waals surface area contributed by atoms with Gasteiger partial charge in [-0.15, -0.1) is 0 Å². The van der Waals surface area contributed by atoms with Crippen molar-refractivity contribution < 1.29 is 12.9 Å². The SMILES string of the molecule is Cc1noc(NS(=O)(=O)c2ccccc2-c2ccc(N(C)C)cc2)c1C. The monoisotopic (exact) mass is 371 g/mol. The molecule has 0 aliphatic heterocycles. The van der Waals surface area contributed by atoms with Crippen LogP contribution in [0.1, 0.15) is 11.3 Å². The highest BCUT2D eigenvalue weighted by atomic mass is 32.2. The summed E-state index contributed by atoms with van der Waals surface area (Å²) in [5.41, 5.74) is 3.80. The molecule has 7 heteroatoms. The standard InChI is InChI=1S/C19H21N3O3S/c1-13-14(2)20-25-19(13)21-26(23,24)18-8-6-5-7-17(18)15-9-11-16(12-10-15)22(3)4/h5-12,21H,1-4H3. The first-order chi connectivity index (χ1) is 12.3. The third-order valence-electron chi connectivity index (χ3n) is 4.26. The molecule has 6 nitrogen and oxygen atoms in total. The van der Waals surface area contributed by atoms with E-state index >= 15 is 0 Å². The molecule has 0 saturated heterocycles. The van der Waals surface area contributed by atoms with E-state index in [9.17, 15) is 8.42 Å². The summed E-state index contributed by atoms with van der Waals surface area (Å²) < 4.78 is 33.4. The van der Waals surface area contributed by atoms with Crippen LogP contribution in [0.5, 0.6) is 0 Å². The summed E-state index contributed by atoms with van der Waals surface area (Å²) in [5.74, 6) is 0.139. The van der Waals surface area contributed by atoms with Crippen molar-refractivity contribution in [2.24, 2.45) is 0 Å². The second-order valence-electron chi connectivity index (χ2n) is 6.27. The first-order valence-corrected chi connectivity index (χ1v) is 9.60. The number of aryl methyl sites for hydroxylation is 1. The Morgan fingerprint density at radius 1 is 1.00 bits per heavy atom. The van der Waals surface area contributed by atoms with E-state index in [4.69, 9.17) is 4.52 Å². The van der Waals surface area contributed by atoms with E-state index in [0.717, 1.165) is 11.3 Å². The van der Waals surface area contributed by atoms with E-state index in [-0.39, 0.29) is 10.8 Å². The molecular formula is C19H21N3O3S. The minimum Gasteiger partial charge on any atom is -0.378 e. The largest absolute Gasteiger partial charge is 0.378 e. The third-order valence-corrected chi connectivity index (χ3v) is 5.64. The van der Waals surface area contributed by atoms with Gasteiger partial charge in [0.15, 0.2) is 0 Å². The predicted molar refractivity (Wildman–Crippen MR) is 103 cm³/mol. The zero-order valence-corrected chi connectivity index (χ0v) is 16.0. The molecule has 26 heavy (non-hydrogen) atoms. The zero-order chi connectivity index (χ0) is 18.9. The molecule has 0 saturated carbocycles. The van der Waals surface area contributed by atoms with Crippen LogP contribution in [0, 0.1) is 13.8 Å².